The molecule has 0 saturated heterocycles. The highest BCUT2D eigenvalue weighted by atomic mass is 35.5. The van der Waals surface area contributed by atoms with E-state index in [1.165, 1.54) is 0 Å². The van der Waals surface area contributed by atoms with Gasteiger partial charge in [0.2, 0.25) is 0 Å². The molecule has 2 aromatic rings. The van der Waals surface area contributed by atoms with Crippen LogP contribution in [0.5, 0.6) is 0 Å². The highest BCUT2D eigenvalue weighted by Gasteiger charge is 2.14. The van der Waals surface area contributed by atoms with Crippen molar-refractivity contribution in [2.24, 2.45) is 0 Å². The molecule has 1 aliphatic rings. The predicted octanol–water partition coefficient (Wildman–Crippen LogP) is 4.36. The number of aromatic nitrogens is 2. The third-order valence-electron chi connectivity index (χ3n) is 3.88. The van der Waals surface area contributed by atoms with Crippen molar-refractivity contribution >= 4 is 41.1 Å². The van der Waals surface area contributed by atoms with Gasteiger partial charge in [0.25, 0.3) is 0 Å². The van der Waals surface area contributed by atoms with Gasteiger partial charge in [-0.15, -0.1) is 0 Å². The van der Waals surface area contributed by atoms with Crippen LogP contribution in [0, 0.1) is 0 Å². The molecule has 0 amide bonds. The van der Waals surface area contributed by atoms with Gasteiger partial charge in [0, 0.05) is 33.3 Å². The summed E-state index contributed by atoms with van der Waals surface area (Å²) in [6.07, 6.45) is 5.96. The Morgan fingerprint density at radius 3 is 2.68 bits per heavy atom. The molecule has 3 N–H and O–H groups in total. The van der Waals surface area contributed by atoms with Gasteiger partial charge >= 0.3 is 0 Å². The number of hydrogen-bond acceptors (Lipinski definition) is 5. The first-order chi connectivity index (χ1) is 12.1. The van der Waals surface area contributed by atoms with Crippen LogP contribution in [0.1, 0.15) is 23.2 Å². The van der Waals surface area contributed by atoms with Crippen molar-refractivity contribution in [2.75, 3.05) is 17.6 Å². The van der Waals surface area contributed by atoms with Crippen molar-refractivity contribution in [1.82, 2.24) is 9.97 Å². The molecule has 5 nitrogen and oxygen atoms in total. The number of hydrogen-bond donors (Lipinski definition) is 2. The highest BCUT2D eigenvalue weighted by molar-refractivity contribution is 6.36. The zero-order chi connectivity index (χ0) is 17.8. The van der Waals surface area contributed by atoms with E-state index in [9.17, 15) is 4.79 Å². The summed E-state index contributed by atoms with van der Waals surface area (Å²) in [6, 6.07) is 7.08. The molecule has 0 bridgehead atoms. The Morgan fingerprint density at radius 1 is 1.24 bits per heavy atom. The first kappa shape index (κ1) is 17.5. The number of rotatable bonds is 5. The molecule has 25 heavy (non-hydrogen) atoms. The van der Waals surface area contributed by atoms with Crippen LogP contribution in [-0.4, -0.2) is 22.8 Å². The van der Waals surface area contributed by atoms with Crippen LogP contribution in [0.25, 0.3) is 11.3 Å². The molecule has 0 aliphatic heterocycles. The first-order valence-electron chi connectivity index (χ1n) is 7.74. The molecular weight excluding hydrogens is 359 g/mol. The van der Waals surface area contributed by atoms with Gasteiger partial charge < -0.3 is 11.1 Å². The van der Waals surface area contributed by atoms with E-state index in [0.717, 1.165) is 35.3 Å². The van der Waals surface area contributed by atoms with E-state index in [-0.39, 0.29) is 0 Å². The summed E-state index contributed by atoms with van der Waals surface area (Å²) in [5.41, 5.74) is 8.86. The second-order valence-electron chi connectivity index (χ2n) is 5.56. The SMILES string of the molecule is Nc1ncc(-c2ccc(C=O)cc2)nc1NCC1=C(Cl)CCC=C1Cl. The van der Waals surface area contributed by atoms with E-state index in [1.54, 1.807) is 18.3 Å². The Hall–Kier alpha value is -2.37. The second kappa shape index (κ2) is 7.68. The smallest absolute Gasteiger partial charge is 0.169 e. The molecule has 128 valence electrons. The lowest BCUT2D eigenvalue weighted by Gasteiger charge is -2.16. The van der Waals surface area contributed by atoms with Crippen molar-refractivity contribution in [1.29, 1.82) is 0 Å². The summed E-state index contributed by atoms with van der Waals surface area (Å²) < 4.78 is 0. The average molecular weight is 375 g/mol. The third kappa shape index (κ3) is 4.00. The number of benzene rings is 1. The number of aldehydes is 1. The monoisotopic (exact) mass is 374 g/mol. The average Bonchev–Trinajstić information content (AvgIpc) is 2.63. The highest BCUT2D eigenvalue weighted by Crippen LogP contribution is 2.31. The molecule has 0 fully saturated rings. The number of anilines is 2. The summed E-state index contributed by atoms with van der Waals surface area (Å²) in [4.78, 5) is 19.5. The lowest BCUT2D eigenvalue weighted by atomic mass is 10.1. The fraction of sp³-hybridized carbons (Fsp3) is 0.167. The standard InChI is InChI=1S/C18H16Cl2N4O/c19-14-2-1-3-15(20)13(14)8-23-18-17(21)22-9-16(24-18)12-6-4-11(10-25)5-7-12/h2,4-7,9-10H,1,3,8H2,(H2,21,22)(H,23,24). The van der Waals surface area contributed by atoms with Crippen molar-refractivity contribution in [3.8, 4) is 11.3 Å². The zero-order valence-electron chi connectivity index (χ0n) is 13.3. The quantitative estimate of drug-likeness (QED) is 0.759. The van der Waals surface area contributed by atoms with Gasteiger partial charge in [-0.3, -0.25) is 4.79 Å². The van der Waals surface area contributed by atoms with Crippen LogP contribution in [0.4, 0.5) is 11.6 Å². The molecular formula is C18H16Cl2N4O. The van der Waals surface area contributed by atoms with Crippen molar-refractivity contribution in [2.45, 2.75) is 12.8 Å². The molecule has 0 unspecified atom stereocenters. The fourth-order valence-corrected chi connectivity index (χ4v) is 3.10. The van der Waals surface area contributed by atoms with Crippen molar-refractivity contribution in [3.63, 3.8) is 0 Å². The maximum Gasteiger partial charge on any atom is 0.169 e. The van der Waals surface area contributed by atoms with E-state index in [2.05, 4.69) is 15.3 Å². The molecule has 1 aromatic heterocycles. The summed E-state index contributed by atoms with van der Waals surface area (Å²) in [5, 5.41) is 4.55. The molecule has 1 aromatic carbocycles. The number of carbonyl (C=O) groups excluding carboxylic acids is 1. The summed E-state index contributed by atoms with van der Waals surface area (Å²) in [5.74, 6) is 0.755. The van der Waals surface area contributed by atoms with Crippen LogP contribution in [0.3, 0.4) is 0 Å². The van der Waals surface area contributed by atoms with Gasteiger partial charge in [0.15, 0.2) is 11.6 Å². The molecule has 7 heteroatoms. The molecule has 0 saturated carbocycles. The normalized spacial score (nSPS) is 14.2. The lowest BCUT2D eigenvalue weighted by molar-refractivity contribution is 0.112. The number of halogens is 2. The Balaban J connectivity index is 1.82. The maximum atomic E-state index is 10.8. The molecule has 0 spiro atoms. The van der Waals surface area contributed by atoms with Crippen LogP contribution >= 0.6 is 23.2 Å². The number of allylic oxidation sites excluding steroid dienone is 2. The third-order valence-corrected chi connectivity index (χ3v) is 4.68. The Bertz CT molecular complexity index is 860. The Morgan fingerprint density at radius 2 is 2.00 bits per heavy atom. The summed E-state index contributed by atoms with van der Waals surface area (Å²) in [6.45, 7) is 0.417. The van der Waals surface area contributed by atoms with Crippen molar-refractivity contribution in [3.05, 3.63) is 57.7 Å². The van der Waals surface area contributed by atoms with Gasteiger partial charge in [0.1, 0.15) is 6.29 Å². The van der Waals surface area contributed by atoms with Crippen LogP contribution < -0.4 is 11.1 Å². The summed E-state index contributed by atoms with van der Waals surface area (Å²) >= 11 is 12.5. The topological polar surface area (TPSA) is 80.9 Å². The maximum absolute atomic E-state index is 10.8. The number of nitrogens with one attached hydrogen (secondary N) is 1. The van der Waals surface area contributed by atoms with E-state index in [1.807, 2.05) is 18.2 Å². The lowest BCUT2D eigenvalue weighted by Crippen LogP contribution is -2.12. The Kier molecular flexibility index (Phi) is 5.36. The molecule has 3 rings (SSSR count). The van der Waals surface area contributed by atoms with Crippen LogP contribution in [-0.2, 0) is 0 Å². The van der Waals surface area contributed by atoms with Gasteiger partial charge in [-0.1, -0.05) is 53.5 Å². The largest absolute Gasteiger partial charge is 0.381 e. The summed E-state index contributed by atoms with van der Waals surface area (Å²) in [7, 11) is 0. The molecule has 1 aliphatic carbocycles. The van der Waals surface area contributed by atoms with Gasteiger partial charge in [0.05, 0.1) is 11.9 Å². The number of carbonyl (C=O) groups is 1. The van der Waals surface area contributed by atoms with E-state index < -0.39 is 0 Å². The first-order valence-corrected chi connectivity index (χ1v) is 8.49. The number of nitrogens with two attached hydrogens (primary N) is 1. The molecule has 0 radical (unpaired) electrons. The minimum Gasteiger partial charge on any atom is -0.381 e. The van der Waals surface area contributed by atoms with E-state index in [4.69, 9.17) is 28.9 Å². The predicted molar refractivity (Wildman–Crippen MR) is 102 cm³/mol. The van der Waals surface area contributed by atoms with Crippen LogP contribution in [0.2, 0.25) is 0 Å². The number of nitrogens with zero attached hydrogens (tertiary/aromatic N) is 2. The molecule has 1 heterocycles. The van der Waals surface area contributed by atoms with E-state index in [0.29, 0.717) is 34.5 Å². The minimum atomic E-state index is 0.292. The van der Waals surface area contributed by atoms with Crippen LogP contribution in [0.15, 0.2) is 52.2 Å². The zero-order valence-corrected chi connectivity index (χ0v) is 14.8. The van der Waals surface area contributed by atoms with Gasteiger partial charge in [-0.05, 0) is 12.8 Å². The van der Waals surface area contributed by atoms with Gasteiger partial charge in [-0.2, -0.15) is 0 Å². The second-order valence-corrected chi connectivity index (χ2v) is 6.42. The minimum absolute atomic E-state index is 0.292. The van der Waals surface area contributed by atoms with Gasteiger partial charge in [-0.25, -0.2) is 9.97 Å². The van der Waals surface area contributed by atoms with E-state index >= 15 is 0 Å². The number of nitrogen functional groups attached to an aromatic ring is 1. The fourth-order valence-electron chi connectivity index (χ4n) is 2.48. The molecule has 0 atom stereocenters. The Labute approximate surface area is 155 Å². The van der Waals surface area contributed by atoms with Crippen molar-refractivity contribution < 1.29 is 4.79 Å².